The summed E-state index contributed by atoms with van der Waals surface area (Å²) in [5.74, 6) is -0.875. The molecule has 0 atom stereocenters. The largest absolute Gasteiger partial charge is 0.465 e. The van der Waals surface area contributed by atoms with Crippen LogP contribution in [0.15, 0.2) is 29.2 Å². The van der Waals surface area contributed by atoms with E-state index in [0.29, 0.717) is 28.6 Å². The fourth-order valence-electron chi connectivity index (χ4n) is 3.43. The molecule has 1 aromatic heterocycles. The van der Waals surface area contributed by atoms with Gasteiger partial charge in [0.05, 0.1) is 23.3 Å². The molecule has 1 aliphatic rings. The first-order valence-corrected chi connectivity index (χ1v) is 12.3. The van der Waals surface area contributed by atoms with Crippen LogP contribution in [0.3, 0.4) is 0 Å². The molecule has 3 rings (SSSR count). The van der Waals surface area contributed by atoms with Gasteiger partial charge in [0.2, 0.25) is 0 Å². The maximum atomic E-state index is 12.8. The summed E-state index contributed by atoms with van der Waals surface area (Å²) < 4.78 is 28.9. The molecule has 0 aliphatic carbocycles. The highest BCUT2D eigenvalue weighted by Gasteiger charge is 2.30. The summed E-state index contributed by atoms with van der Waals surface area (Å²) in [6.07, 6.45) is 0.716. The van der Waals surface area contributed by atoms with Crippen molar-refractivity contribution in [2.24, 2.45) is 0 Å². The molecule has 1 N–H and O–H groups in total. The van der Waals surface area contributed by atoms with Gasteiger partial charge in [-0.2, -0.15) is 0 Å². The zero-order valence-electron chi connectivity index (χ0n) is 17.5. The third kappa shape index (κ3) is 4.43. The Morgan fingerprint density at radius 1 is 1.23 bits per heavy atom. The highest BCUT2D eigenvalue weighted by Crippen LogP contribution is 2.38. The van der Waals surface area contributed by atoms with Crippen molar-refractivity contribution < 1.29 is 22.7 Å². The van der Waals surface area contributed by atoms with Crippen molar-refractivity contribution >= 4 is 38.1 Å². The van der Waals surface area contributed by atoms with Crippen LogP contribution in [-0.4, -0.2) is 50.6 Å². The van der Waals surface area contributed by atoms with Gasteiger partial charge in [-0.25, -0.2) is 13.2 Å². The number of thiophene rings is 1. The van der Waals surface area contributed by atoms with E-state index in [1.807, 2.05) is 0 Å². The van der Waals surface area contributed by atoms with Crippen LogP contribution in [0.4, 0.5) is 5.00 Å². The number of nitrogens with zero attached hydrogens (tertiary/aromatic N) is 1. The molecule has 0 saturated carbocycles. The number of sulfone groups is 1. The van der Waals surface area contributed by atoms with Crippen LogP contribution in [0.5, 0.6) is 0 Å². The van der Waals surface area contributed by atoms with Crippen molar-refractivity contribution in [3.05, 3.63) is 45.8 Å². The quantitative estimate of drug-likeness (QED) is 0.679. The first-order chi connectivity index (χ1) is 14.2. The number of amides is 1. The zero-order chi connectivity index (χ0) is 22.1. The van der Waals surface area contributed by atoms with Crippen LogP contribution in [0.25, 0.3) is 0 Å². The Balaban J connectivity index is 1.89. The van der Waals surface area contributed by atoms with Crippen LogP contribution in [0, 0.1) is 0 Å². The number of anilines is 1. The Hall–Kier alpha value is -2.23. The molecule has 0 unspecified atom stereocenters. The SMILES string of the molecule is CCS(=O)(=O)c1ccc(C(=O)Nc2sc3c(c2C(=O)OC)CCN(C(C)C)C3)cc1. The highest BCUT2D eigenvalue weighted by atomic mass is 32.2. The Morgan fingerprint density at radius 2 is 1.90 bits per heavy atom. The second-order valence-corrected chi connectivity index (χ2v) is 10.8. The van der Waals surface area contributed by atoms with Crippen molar-refractivity contribution in [1.82, 2.24) is 4.90 Å². The van der Waals surface area contributed by atoms with Gasteiger partial charge in [0.25, 0.3) is 5.91 Å². The number of hydrogen-bond acceptors (Lipinski definition) is 7. The van der Waals surface area contributed by atoms with Gasteiger partial charge in [0.15, 0.2) is 9.84 Å². The molecular formula is C21H26N2O5S2. The van der Waals surface area contributed by atoms with Gasteiger partial charge in [-0.3, -0.25) is 9.69 Å². The summed E-state index contributed by atoms with van der Waals surface area (Å²) in [6, 6.07) is 6.19. The number of ether oxygens (including phenoxy) is 1. The molecular weight excluding hydrogens is 424 g/mol. The number of hydrogen-bond donors (Lipinski definition) is 1. The van der Waals surface area contributed by atoms with E-state index in [1.54, 1.807) is 6.92 Å². The fraction of sp³-hybridized carbons (Fsp3) is 0.429. The number of nitrogens with one attached hydrogen (secondary N) is 1. The smallest absolute Gasteiger partial charge is 0.341 e. The number of carbonyl (C=O) groups is 2. The Kier molecular flexibility index (Phi) is 6.64. The lowest BCUT2D eigenvalue weighted by atomic mass is 10.0. The Labute approximate surface area is 181 Å². The van der Waals surface area contributed by atoms with Crippen molar-refractivity contribution in [1.29, 1.82) is 0 Å². The normalized spacial score (nSPS) is 14.4. The summed E-state index contributed by atoms with van der Waals surface area (Å²) in [4.78, 5) is 28.8. The Bertz CT molecular complexity index is 1060. The van der Waals surface area contributed by atoms with Crippen molar-refractivity contribution in [3.8, 4) is 0 Å². The van der Waals surface area contributed by atoms with Crippen LogP contribution in [0.1, 0.15) is 51.9 Å². The monoisotopic (exact) mass is 450 g/mol. The second kappa shape index (κ2) is 8.87. The first kappa shape index (κ1) is 22.5. The molecule has 0 fully saturated rings. The fourth-order valence-corrected chi connectivity index (χ4v) is 5.57. The first-order valence-electron chi connectivity index (χ1n) is 9.79. The van der Waals surface area contributed by atoms with Gasteiger partial charge in [-0.05, 0) is 50.1 Å². The summed E-state index contributed by atoms with van der Waals surface area (Å²) in [5, 5.41) is 3.29. The number of carbonyl (C=O) groups excluding carboxylic acids is 2. The van der Waals surface area contributed by atoms with Gasteiger partial charge in [0, 0.05) is 29.6 Å². The number of fused-ring (bicyclic) bond motifs is 1. The van der Waals surface area contributed by atoms with Gasteiger partial charge >= 0.3 is 5.97 Å². The van der Waals surface area contributed by atoms with Crippen LogP contribution in [-0.2, 0) is 27.5 Å². The molecule has 7 nitrogen and oxygen atoms in total. The van der Waals surface area contributed by atoms with Crippen LogP contribution >= 0.6 is 11.3 Å². The van der Waals surface area contributed by atoms with Gasteiger partial charge in [-0.1, -0.05) is 6.92 Å². The lowest BCUT2D eigenvalue weighted by molar-refractivity contribution is 0.0600. The molecule has 1 amide bonds. The van der Waals surface area contributed by atoms with E-state index in [0.717, 1.165) is 23.5 Å². The zero-order valence-corrected chi connectivity index (χ0v) is 19.2. The summed E-state index contributed by atoms with van der Waals surface area (Å²) in [6.45, 7) is 7.40. The average Bonchev–Trinajstić information content (AvgIpc) is 3.10. The van der Waals surface area contributed by atoms with E-state index in [9.17, 15) is 18.0 Å². The minimum atomic E-state index is -3.33. The van der Waals surface area contributed by atoms with Crippen LogP contribution < -0.4 is 5.32 Å². The van der Waals surface area contributed by atoms with Crippen molar-refractivity contribution in [3.63, 3.8) is 0 Å². The van der Waals surface area contributed by atoms with Gasteiger partial charge < -0.3 is 10.1 Å². The molecule has 0 saturated heterocycles. The maximum absolute atomic E-state index is 12.8. The predicted molar refractivity (Wildman–Crippen MR) is 117 cm³/mol. The summed E-state index contributed by atoms with van der Waals surface area (Å²) in [7, 11) is -2.00. The summed E-state index contributed by atoms with van der Waals surface area (Å²) in [5.41, 5.74) is 1.67. The summed E-state index contributed by atoms with van der Waals surface area (Å²) >= 11 is 1.39. The van der Waals surface area contributed by atoms with Crippen molar-refractivity contribution in [2.75, 3.05) is 24.7 Å². The Morgan fingerprint density at radius 3 is 2.47 bits per heavy atom. The van der Waals surface area contributed by atoms with E-state index >= 15 is 0 Å². The lowest BCUT2D eigenvalue weighted by Gasteiger charge is -2.30. The topological polar surface area (TPSA) is 92.8 Å². The third-order valence-electron chi connectivity index (χ3n) is 5.29. The van der Waals surface area contributed by atoms with Crippen molar-refractivity contribution in [2.45, 2.75) is 44.7 Å². The minimum Gasteiger partial charge on any atom is -0.465 e. The van der Waals surface area contributed by atoms with E-state index in [4.69, 9.17) is 4.74 Å². The molecule has 2 heterocycles. The van der Waals surface area contributed by atoms with E-state index < -0.39 is 21.7 Å². The molecule has 0 spiro atoms. The maximum Gasteiger partial charge on any atom is 0.341 e. The molecule has 30 heavy (non-hydrogen) atoms. The standard InChI is InChI=1S/C21H26N2O5S2/c1-5-30(26,27)15-8-6-14(7-9-15)19(24)22-20-18(21(25)28-4)16-10-11-23(13(2)3)12-17(16)29-20/h6-9,13H,5,10-12H2,1-4H3,(H,22,24). The lowest BCUT2D eigenvalue weighted by Crippen LogP contribution is -2.35. The van der Waals surface area contributed by atoms with E-state index in [2.05, 4.69) is 24.1 Å². The minimum absolute atomic E-state index is 0.00479. The van der Waals surface area contributed by atoms with E-state index in [-0.39, 0.29) is 10.6 Å². The van der Waals surface area contributed by atoms with E-state index in [1.165, 1.54) is 42.7 Å². The molecule has 0 bridgehead atoms. The molecule has 1 aliphatic heterocycles. The molecule has 2 aromatic rings. The molecule has 9 heteroatoms. The average molecular weight is 451 g/mol. The third-order valence-corrected chi connectivity index (χ3v) is 8.17. The molecule has 0 radical (unpaired) electrons. The number of benzene rings is 1. The number of esters is 1. The second-order valence-electron chi connectivity index (χ2n) is 7.40. The predicted octanol–water partition coefficient (Wildman–Crippen LogP) is 3.35. The highest BCUT2D eigenvalue weighted by molar-refractivity contribution is 7.91. The number of rotatable bonds is 6. The molecule has 162 valence electrons. The van der Waals surface area contributed by atoms with Crippen LogP contribution in [0.2, 0.25) is 0 Å². The van der Waals surface area contributed by atoms with Gasteiger partial charge in [-0.15, -0.1) is 11.3 Å². The molecule has 1 aromatic carbocycles. The number of methoxy groups -OCH3 is 1. The van der Waals surface area contributed by atoms with Gasteiger partial charge in [0.1, 0.15) is 5.00 Å².